The monoisotopic (exact) mass is 178 g/mol. The molecule has 1 heterocycles. The lowest BCUT2D eigenvalue weighted by molar-refractivity contribution is 0.435. The average molecular weight is 178 g/mol. The van der Waals surface area contributed by atoms with Crippen molar-refractivity contribution < 1.29 is 0 Å². The quantitative estimate of drug-likeness (QED) is 0.696. The summed E-state index contributed by atoms with van der Waals surface area (Å²) in [6.45, 7) is 3.24. The predicted molar refractivity (Wildman–Crippen MR) is 53.5 cm³/mol. The van der Waals surface area contributed by atoms with Gasteiger partial charge in [0, 0.05) is 18.4 Å². The molecule has 1 aliphatic rings. The summed E-state index contributed by atoms with van der Waals surface area (Å²) in [5.74, 6) is 0.976. The molecule has 0 saturated heterocycles. The Morgan fingerprint density at radius 2 is 2.23 bits per heavy atom. The van der Waals surface area contributed by atoms with Crippen molar-refractivity contribution in [2.75, 3.05) is 0 Å². The molecular weight excluding hydrogens is 160 g/mol. The van der Waals surface area contributed by atoms with Gasteiger partial charge in [-0.15, -0.1) is 0 Å². The minimum absolute atomic E-state index is 0.976. The molecule has 2 rings (SSSR count). The molecular formula is C11H18N2. The molecule has 2 heteroatoms. The van der Waals surface area contributed by atoms with Crippen molar-refractivity contribution in [2.24, 2.45) is 5.92 Å². The minimum Gasteiger partial charge on any atom is -0.270 e. The summed E-state index contributed by atoms with van der Waals surface area (Å²) in [6.07, 6.45) is 9.00. The standard InChI is InChI=1S/C11H18N2/c1-10-6-8-12-13(10)9-7-11-4-2-3-5-11/h6,8,11H,2-5,7,9H2,1H3. The summed E-state index contributed by atoms with van der Waals surface area (Å²) < 4.78 is 2.12. The van der Waals surface area contributed by atoms with Crippen LogP contribution in [-0.4, -0.2) is 9.78 Å². The fraction of sp³-hybridized carbons (Fsp3) is 0.727. The van der Waals surface area contributed by atoms with Crippen LogP contribution in [0.5, 0.6) is 0 Å². The summed E-state index contributed by atoms with van der Waals surface area (Å²) in [7, 11) is 0. The van der Waals surface area contributed by atoms with Crippen LogP contribution in [0.3, 0.4) is 0 Å². The van der Waals surface area contributed by atoms with Gasteiger partial charge >= 0.3 is 0 Å². The lowest BCUT2D eigenvalue weighted by Gasteiger charge is -2.09. The zero-order valence-electron chi connectivity index (χ0n) is 8.37. The van der Waals surface area contributed by atoms with E-state index in [1.165, 1.54) is 37.8 Å². The average Bonchev–Trinajstić information content (AvgIpc) is 2.72. The van der Waals surface area contributed by atoms with Crippen molar-refractivity contribution in [1.29, 1.82) is 0 Å². The third kappa shape index (κ3) is 2.11. The molecule has 0 bridgehead atoms. The van der Waals surface area contributed by atoms with Crippen LogP contribution in [0.15, 0.2) is 12.3 Å². The Bertz CT molecular complexity index is 259. The second-order valence-electron chi connectivity index (χ2n) is 4.13. The molecule has 0 N–H and O–H groups in total. The fourth-order valence-electron chi connectivity index (χ4n) is 2.24. The Morgan fingerprint density at radius 1 is 1.46 bits per heavy atom. The third-order valence-electron chi connectivity index (χ3n) is 3.15. The molecule has 1 aromatic rings. The van der Waals surface area contributed by atoms with Gasteiger partial charge in [-0.05, 0) is 25.3 Å². The molecule has 72 valence electrons. The normalized spacial score (nSPS) is 18.2. The van der Waals surface area contributed by atoms with E-state index < -0.39 is 0 Å². The Labute approximate surface area is 80.0 Å². The van der Waals surface area contributed by atoms with Gasteiger partial charge in [-0.1, -0.05) is 25.7 Å². The Balaban J connectivity index is 1.82. The number of aromatic nitrogens is 2. The van der Waals surface area contributed by atoms with E-state index in [-0.39, 0.29) is 0 Å². The number of aryl methyl sites for hydroxylation is 2. The molecule has 0 radical (unpaired) electrons. The molecule has 1 aromatic heterocycles. The van der Waals surface area contributed by atoms with Gasteiger partial charge in [-0.3, -0.25) is 4.68 Å². The Hall–Kier alpha value is -0.790. The van der Waals surface area contributed by atoms with E-state index in [0.717, 1.165) is 12.5 Å². The summed E-state index contributed by atoms with van der Waals surface area (Å²) in [5.41, 5.74) is 1.29. The Morgan fingerprint density at radius 3 is 2.85 bits per heavy atom. The van der Waals surface area contributed by atoms with E-state index in [2.05, 4.69) is 22.8 Å². The summed E-state index contributed by atoms with van der Waals surface area (Å²) in [4.78, 5) is 0. The maximum atomic E-state index is 4.29. The van der Waals surface area contributed by atoms with E-state index >= 15 is 0 Å². The van der Waals surface area contributed by atoms with Crippen molar-refractivity contribution in [2.45, 2.75) is 45.6 Å². The van der Waals surface area contributed by atoms with Crippen LogP contribution in [0.2, 0.25) is 0 Å². The maximum absolute atomic E-state index is 4.29. The molecule has 0 aliphatic heterocycles. The number of hydrogen-bond donors (Lipinski definition) is 0. The zero-order valence-corrected chi connectivity index (χ0v) is 8.37. The highest BCUT2D eigenvalue weighted by Gasteiger charge is 2.14. The van der Waals surface area contributed by atoms with Gasteiger partial charge in [0.05, 0.1) is 0 Å². The Kier molecular flexibility index (Phi) is 2.67. The van der Waals surface area contributed by atoms with Crippen molar-refractivity contribution in [3.63, 3.8) is 0 Å². The van der Waals surface area contributed by atoms with Crippen LogP contribution >= 0.6 is 0 Å². The van der Waals surface area contributed by atoms with Gasteiger partial charge < -0.3 is 0 Å². The van der Waals surface area contributed by atoms with E-state index in [9.17, 15) is 0 Å². The SMILES string of the molecule is Cc1ccnn1CCC1CCCC1. The number of rotatable bonds is 3. The van der Waals surface area contributed by atoms with E-state index in [4.69, 9.17) is 0 Å². The molecule has 0 spiro atoms. The highest BCUT2D eigenvalue weighted by atomic mass is 15.3. The van der Waals surface area contributed by atoms with E-state index in [1.807, 2.05) is 6.20 Å². The van der Waals surface area contributed by atoms with E-state index in [1.54, 1.807) is 0 Å². The number of nitrogens with zero attached hydrogens (tertiary/aromatic N) is 2. The second kappa shape index (κ2) is 3.95. The van der Waals surface area contributed by atoms with Crippen molar-refractivity contribution in [3.05, 3.63) is 18.0 Å². The van der Waals surface area contributed by atoms with Crippen molar-refractivity contribution >= 4 is 0 Å². The smallest absolute Gasteiger partial charge is 0.0492 e. The van der Waals surface area contributed by atoms with Crippen molar-refractivity contribution in [1.82, 2.24) is 9.78 Å². The van der Waals surface area contributed by atoms with E-state index in [0.29, 0.717) is 0 Å². The van der Waals surface area contributed by atoms with Crippen LogP contribution in [0.4, 0.5) is 0 Å². The van der Waals surface area contributed by atoms with Crippen LogP contribution in [0.25, 0.3) is 0 Å². The molecule has 2 nitrogen and oxygen atoms in total. The summed E-state index contributed by atoms with van der Waals surface area (Å²) >= 11 is 0. The number of hydrogen-bond acceptors (Lipinski definition) is 1. The first-order chi connectivity index (χ1) is 6.36. The highest BCUT2D eigenvalue weighted by Crippen LogP contribution is 2.27. The molecule has 1 saturated carbocycles. The molecule has 0 atom stereocenters. The largest absolute Gasteiger partial charge is 0.270 e. The first-order valence-corrected chi connectivity index (χ1v) is 5.34. The molecule has 13 heavy (non-hydrogen) atoms. The van der Waals surface area contributed by atoms with Gasteiger partial charge in [0.15, 0.2) is 0 Å². The first-order valence-electron chi connectivity index (χ1n) is 5.34. The molecule has 0 unspecified atom stereocenters. The predicted octanol–water partition coefficient (Wildman–Crippen LogP) is 2.77. The highest BCUT2D eigenvalue weighted by molar-refractivity contribution is 4.96. The topological polar surface area (TPSA) is 17.8 Å². The first kappa shape index (κ1) is 8.79. The lowest BCUT2D eigenvalue weighted by atomic mass is 10.0. The third-order valence-corrected chi connectivity index (χ3v) is 3.15. The maximum Gasteiger partial charge on any atom is 0.0492 e. The van der Waals surface area contributed by atoms with Crippen molar-refractivity contribution in [3.8, 4) is 0 Å². The van der Waals surface area contributed by atoms with Gasteiger partial charge in [0.25, 0.3) is 0 Å². The summed E-state index contributed by atoms with van der Waals surface area (Å²) in [5, 5.41) is 4.29. The van der Waals surface area contributed by atoms with Gasteiger partial charge in [-0.25, -0.2) is 0 Å². The van der Waals surface area contributed by atoms with Gasteiger partial charge in [-0.2, -0.15) is 5.10 Å². The summed E-state index contributed by atoms with van der Waals surface area (Å²) in [6, 6.07) is 2.08. The fourth-order valence-corrected chi connectivity index (χ4v) is 2.24. The van der Waals surface area contributed by atoms with Crippen LogP contribution in [0.1, 0.15) is 37.8 Å². The van der Waals surface area contributed by atoms with Crippen LogP contribution in [-0.2, 0) is 6.54 Å². The molecule has 0 amide bonds. The van der Waals surface area contributed by atoms with Gasteiger partial charge in [0.1, 0.15) is 0 Å². The molecule has 0 aromatic carbocycles. The minimum atomic E-state index is 0.976. The van der Waals surface area contributed by atoms with Crippen LogP contribution < -0.4 is 0 Å². The lowest BCUT2D eigenvalue weighted by Crippen LogP contribution is -2.06. The zero-order chi connectivity index (χ0) is 9.10. The second-order valence-corrected chi connectivity index (χ2v) is 4.13. The van der Waals surface area contributed by atoms with Gasteiger partial charge in [0.2, 0.25) is 0 Å². The molecule has 1 fully saturated rings. The van der Waals surface area contributed by atoms with Crippen LogP contribution in [0, 0.1) is 12.8 Å². The molecule has 1 aliphatic carbocycles.